The highest BCUT2D eigenvalue weighted by molar-refractivity contribution is 5.82. The van der Waals surface area contributed by atoms with Gasteiger partial charge in [0, 0.05) is 45.8 Å². The highest BCUT2D eigenvalue weighted by atomic mass is 19.2. The molecule has 31 heavy (non-hydrogen) atoms. The average Bonchev–Trinajstić information content (AvgIpc) is 2.74. The lowest BCUT2D eigenvalue weighted by Gasteiger charge is -2.47. The van der Waals surface area contributed by atoms with Crippen LogP contribution in [0.3, 0.4) is 0 Å². The molecule has 1 aliphatic heterocycles. The predicted octanol–water partition coefficient (Wildman–Crippen LogP) is 2.69. The molecule has 0 N–H and O–H groups in total. The summed E-state index contributed by atoms with van der Waals surface area (Å²) in [5, 5.41) is 0. The second-order valence-corrected chi connectivity index (χ2v) is 9.33. The van der Waals surface area contributed by atoms with Gasteiger partial charge in [0.25, 0.3) is 0 Å². The summed E-state index contributed by atoms with van der Waals surface area (Å²) in [4.78, 5) is 29.3. The summed E-state index contributed by atoms with van der Waals surface area (Å²) in [7, 11) is 2.89. The minimum Gasteiger partial charge on any atom is -0.381 e. The summed E-state index contributed by atoms with van der Waals surface area (Å²) in [6.45, 7) is 4.09. The topological polar surface area (TPSA) is 59.1 Å². The molecule has 0 radical (unpaired) electrons. The summed E-state index contributed by atoms with van der Waals surface area (Å²) < 4.78 is 53.7. The first-order valence-corrected chi connectivity index (χ1v) is 11.3. The van der Waals surface area contributed by atoms with Crippen molar-refractivity contribution in [3.8, 4) is 0 Å². The minimum absolute atomic E-state index is 0.162. The summed E-state index contributed by atoms with van der Waals surface area (Å²) in [5.74, 6) is -2.39. The molecular formula is C22H35F3N2O4. The molecule has 3 rings (SSSR count). The fourth-order valence-electron chi connectivity index (χ4n) is 5.53. The maximum atomic E-state index is 14.7. The second-order valence-electron chi connectivity index (χ2n) is 9.33. The van der Waals surface area contributed by atoms with E-state index in [0.29, 0.717) is 19.3 Å². The molecule has 0 aromatic heterocycles. The fraction of sp³-hybridized carbons (Fsp3) is 0.909. The van der Waals surface area contributed by atoms with Crippen LogP contribution < -0.4 is 0 Å². The lowest BCUT2D eigenvalue weighted by molar-refractivity contribution is -0.157. The summed E-state index contributed by atoms with van der Waals surface area (Å²) in [6.07, 6.45) is -4.17. The van der Waals surface area contributed by atoms with E-state index < -0.39 is 42.4 Å². The Bertz CT molecular complexity index is 642. The second kappa shape index (κ2) is 10.1. The molecule has 0 aromatic carbocycles. The van der Waals surface area contributed by atoms with Gasteiger partial charge in [0.15, 0.2) is 6.17 Å². The Kier molecular flexibility index (Phi) is 7.89. The standard InChI is InChI=1S/C22H35F3N2O4/c1-12-10-26(21(28)16-7-8-18(31-4)20(25)19(16)24)11-13(2)27(12)22(29)15-6-5-14(30-3)9-17(15)23/h12-20H,5-11H2,1-4H3/t12-,13-,14?,15?,16?,17?,18?,19?,20?/m1/s1. The monoisotopic (exact) mass is 448 g/mol. The first-order valence-electron chi connectivity index (χ1n) is 11.3. The van der Waals surface area contributed by atoms with Crippen molar-refractivity contribution >= 4 is 11.8 Å². The smallest absolute Gasteiger partial charge is 0.229 e. The van der Waals surface area contributed by atoms with E-state index in [0.717, 1.165) is 0 Å². The number of amides is 2. The lowest BCUT2D eigenvalue weighted by atomic mass is 9.82. The van der Waals surface area contributed by atoms with E-state index in [4.69, 9.17) is 9.47 Å². The first kappa shape index (κ1) is 24.3. The van der Waals surface area contributed by atoms with Gasteiger partial charge in [-0.2, -0.15) is 0 Å². The molecule has 9 heteroatoms. The molecule has 3 aliphatic rings. The van der Waals surface area contributed by atoms with Crippen LogP contribution in [-0.4, -0.2) is 91.7 Å². The molecule has 2 aliphatic carbocycles. The molecule has 7 unspecified atom stereocenters. The van der Waals surface area contributed by atoms with Crippen molar-refractivity contribution in [2.75, 3.05) is 27.3 Å². The Morgan fingerprint density at radius 1 is 0.806 bits per heavy atom. The molecule has 9 atom stereocenters. The van der Waals surface area contributed by atoms with Gasteiger partial charge in [0.05, 0.1) is 24.0 Å². The van der Waals surface area contributed by atoms with Crippen LogP contribution in [-0.2, 0) is 19.1 Å². The number of carbonyl (C=O) groups is 2. The minimum atomic E-state index is -1.90. The molecule has 3 fully saturated rings. The van der Waals surface area contributed by atoms with Crippen LogP contribution in [0.15, 0.2) is 0 Å². The molecule has 0 spiro atoms. The molecule has 0 aromatic rings. The van der Waals surface area contributed by atoms with E-state index in [2.05, 4.69) is 0 Å². The molecule has 2 amide bonds. The third-order valence-corrected chi connectivity index (χ3v) is 7.29. The fourth-order valence-corrected chi connectivity index (χ4v) is 5.53. The van der Waals surface area contributed by atoms with E-state index in [1.807, 2.05) is 13.8 Å². The predicted molar refractivity (Wildman–Crippen MR) is 109 cm³/mol. The van der Waals surface area contributed by atoms with Gasteiger partial charge in [-0.25, -0.2) is 13.2 Å². The SMILES string of the molecule is COC1CCC(C(=O)N2[C@H](C)CN(C(=O)C3CCC(OC)C(F)C3F)C[C@H]2C)C(F)C1. The van der Waals surface area contributed by atoms with Gasteiger partial charge in [0.2, 0.25) is 11.8 Å². The van der Waals surface area contributed by atoms with Gasteiger partial charge in [-0.05, 0) is 39.5 Å². The largest absolute Gasteiger partial charge is 0.381 e. The van der Waals surface area contributed by atoms with Crippen LogP contribution in [0.4, 0.5) is 13.2 Å². The summed E-state index contributed by atoms with van der Waals surface area (Å²) in [5.41, 5.74) is 0. The highest BCUT2D eigenvalue weighted by Gasteiger charge is 2.47. The number of rotatable bonds is 4. The number of halogens is 3. The van der Waals surface area contributed by atoms with Crippen LogP contribution >= 0.6 is 0 Å². The lowest BCUT2D eigenvalue weighted by Crippen LogP contribution is -2.63. The van der Waals surface area contributed by atoms with E-state index in [-0.39, 0.29) is 50.0 Å². The van der Waals surface area contributed by atoms with Crippen LogP contribution in [0.5, 0.6) is 0 Å². The first-order chi connectivity index (χ1) is 14.7. The summed E-state index contributed by atoms with van der Waals surface area (Å²) >= 11 is 0. The molecular weight excluding hydrogens is 413 g/mol. The third kappa shape index (κ3) is 4.87. The van der Waals surface area contributed by atoms with Crippen molar-refractivity contribution < 1.29 is 32.2 Å². The number of ether oxygens (including phenoxy) is 2. The molecule has 1 saturated heterocycles. The van der Waals surface area contributed by atoms with Crippen molar-refractivity contribution in [3.63, 3.8) is 0 Å². The van der Waals surface area contributed by atoms with E-state index in [1.54, 1.807) is 12.0 Å². The van der Waals surface area contributed by atoms with Crippen molar-refractivity contribution in [1.82, 2.24) is 9.80 Å². The summed E-state index contributed by atoms with van der Waals surface area (Å²) in [6, 6.07) is -0.663. The van der Waals surface area contributed by atoms with Crippen molar-refractivity contribution in [2.24, 2.45) is 11.8 Å². The Hall–Kier alpha value is -1.35. The molecule has 6 nitrogen and oxygen atoms in total. The molecule has 1 heterocycles. The Balaban J connectivity index is 1.63. The van der Waals surface area contributed by atoms with Crippen molar-refractivity contribution in [2.45, 2.75) is 88.8 Å². The quantitative estimate of drug-likeness (QED) is 0.664. The van der Waals surface area contributed by atoms with E-state index in [9.17, 15) is 22.8 Å². The third-order valence-electron chi connectivity index (χ3n) is 7.29. The van der Waals surface area contributed by atoms with E-state index >= 15 is 0 Å². The highest BCUT2D eigenvalue weighted by Crippen LogP contribution is 2.35. The van der Waals surface area contributed by atoms with E-state index in [1.165, 1.54) is 12.0 Å². The number of carbonyl (C=O) groups excluding carboxylic acids is 2. The number of nitrogens with zero attached hydrogens (tertiary/aromatic N) is 2. The van der Waals surface area contributed by atoms with Gasteiger partial charge in [-0.15, -0.1) is 0 Å². The Labute approximate surface area is 182 Å². The van der Waals surface area contributed by atoms with Gasteiger partial charge in [-0.1, -0.05) is 0 Å². The van der Waals surface area contributed by atoms with Crippen LogP contribution in [0.1, 0.15) is 46.0 Å². The van der Waals surface area contributed by atoms with Crippen molar-refractivity contribution in [1.29, 1.82) is 0 Å². The zero-order valence-electron chi connectivity index (χ0n) is 18.8. The number of methoxy groups -OCH3 is 2. The van der Waals surface area contributed by atoms with Crippen molar-refractivity contribution in [3.05, 3.63) is 0 Å². The maximum Gasteiger partial charge on any atom is 0.229 e. The van der Waals surface area contributed by atoms with Crippen LogP contribution in [0, 0.1) is 11.8 Å². The maximum absolute atomic E-state index is 14.7. The molecule has 178 valence electrons. The average molecular weight is 449 g/mol. The molecule has 2 saturated carbocycles. The number of alkyl halides is 3. The van der Waals surface area contributed by atoms with Gasteiger partial charge in [0.1, 0.15) is 12.3 Å². The number of hydrogen-bond acceptors (Lipinski definition) is 4. The normalized spacial score (nSPS) is 41.8. The van der Waals surface area contributed by atoms with Gasteiger partial charge < -0.3 is 19.3 Å². The van der Waals surface area contributed by atoms with Crippen LogP contribution in [0.2, 0.25) is 0 Å². The van der Waals surface area contributed by atoms with Gasteiger partial charge >= 0.3 is 0 Å². The zero-order valence-corrected chi connectivity index (χ0v) is 18.8. The Morgan fingerprint density at radius 3 is 1.97 bits per heavy atom. The van der Waals surface area contributed by atoms with Gasteiger partial charge in [-0.3, -0.25) is 9.59 Å². The number of piperazine rings is 1. The number of hydrogen-bond donors (Lipinski definition) is 0. The molecule has 0 bridgehead atoms. The zero-order chi connectivity index (χ0) is 22.9. The Morgan fingerprint density at radius 2 is 1.42 bits per heavy atom. The van der Waals surface area contributed by atoms with Crippen LogP contribution in [0.25, 0.3) is 0 Å².